The van der Waals surface area contributed by atoms with E-state index in [2.05, 4.69) is 4.99 Å². The number of aromatic hydroxyl groups is 1. The summed E-state index contributed by atoms with van der Waals surface area (Å²) in [5.41, 5.74) is 1.67. The number of hydrogen-bond acceptors (Lipinski definition) is 7. The molecule has 1 aliphatic heterocycles. The quantitative estimate of drug-likeness (QED) is 0.326. The first kappa shape index (κ1) is 25.2. The van der Waals surface area contributed by atoms with Crippen LogP contribution < -0.4 is 19.6 Å². The van der Waals surface area contributed by atoms with Crippen LogP contribution in [-0.2, 0) is 9.53 Å². The fourth-order valence-electron chi connectivity index (χ4n) is 3.73. The number of hydrogen-bond donors (Lipinski definition) is 1. The molecule has 0 spiro atoms. The van der Waals surface area contributed by atoms with Crippen molar-refractivity contribution in [2.24, 2.45) is 4.99 Å². The fraction of sp³-hybridized carbons (Fsp3) is 0.174. The van der Waals surface area contributed by atoms with Gasteiger partial charge in [0.15, 0.2) is 4.80 Å². The van der Waals surface area contributed by atoms with Gasteiger partial charge in [-0.25, -0.2) is 9.79 Å². The predicted molar refractivity (Wildman–Crippen MR) is 147 cm³/mol. The van der Waals surface area contributed by atoms with Crippen molar-refractivity contribution in [3.63, 3.8) is 0 Å². The molecule has 0 bridgehead atoms. The van der Waals surface area contributed by atoms with E-state index in [1.165, 1.54) is 30.1 Å². The highest BCUT2D eigenvalue weighted by Crippen LogP contribution is 2.37. The van der Waals surface area contributed by atoms with Crippen molar-refractivity contribution in [3.05, 3.63) is 84.6 Å². The van der Waals surface area contributed by atoms with Crippen LogP contribution in [0.2, 0.25) is 5.02 Å². The molecule has 0 unspecified atom stereocenters. The van der Waals surface area contributed by atoms with Crippen molar-refractivity contribution in [1.29, 1.82) is 0 Å². The van der Waals surface area contributed by atoms with Crippen LogP contribution in [0, 0.1) is 7.14 Å². The summed E-state index contributed by atoms with van der Waals surface area (Å²) in [7, 11) is 2.80. The van der Waals surface area contributed by atoms with Gasteiger partial charge in [0, 0.05) is 10.6 Å². The first-order chi connectivity index (χ1) is 16.2. The number of fused-ring (bicyclic) bond motifs is 1. The Bertz CT molecular complexity index is 1520. The first-order valence-corrected chi connectivity index (χ1v) is 13.1. The number of rotatable bonds is 4. The number of esters is 1. The van der Waals surface area contributed by atoms with Gasteiger partial charge >= 0.3 is 5.97 Å². The number of methoxy groups -OCH3 is 2. The minimum absolute atomic E-state index is 0.200. The molecule has 11 heteroatoms. The predicted octanol–water partition coefficient (Wildman–Crippen LogP) is 3.99. The van der Waals surface area contributed by atoms with E-state index < -0.39 is 12.0 Å². The van der Waals surface area contributed by atoms with Crippen molar-refractivity contribution in [1.82, 2.24) is 4.57 Å². The average molecular weight is 723 g/mol. The van der Waals surface area contributed by atoms with Crippen molar-refractivity contribution in [2.75, 3.05) is 14.2 Å². The van der Waals surface area contributed by atoms with E-state index in [0.29, 0.717) is 38.5 Å². The largest absolute Gasteiger partial charge is 0.506 e. The Morgan fingerprint density at radius 2 is 1.91 bits per heavy atom. The van der Waals surface area contributed by atoms with Gasteiger partial charge < -0.3 is 14.6 Å². The monoisotopic (exact) mass is 722 g/mol. The Balaban J connectivity index is 2.03. The Hall–Kier alpha value is -1.90. The summed E-state index contributed by atoms with van der Waals surface area (Å²) >= 11 is 11.6. The van der Waals surface area contributed by atoms with E-state index in [9.17, 15) is 14.7 Å². The minimum Gasteiger partial charge on any atom is -0.506 e. The number of carbonyl (C=O) groups excluding carboxylic acids is 1. The molecule has 3 aromatic rings. The van der Waals surface area contributed by atoms with Crippen LogP contribution >= 0.6 is 68.1 Å². The standard InChI is InChI=1S/C23H17ClI2N2O5S/c1-10-18(22(31)33-3)19(13-9-12(24)4-5-16(13)32-2)28-21(30)17(34-23(28)27-10)8-11-6-14(25)20(29)15(26)7-11/h4-9,19,29H,1-3H3/b17-8-/t19-/m0/s1. The molecule has 2 heterocycles. The van der Waals surface area contributed by atoms with Crippen LogP contribution in [-0.4, -0.2) is 29.9 Å². The molecule has 1 N–H and O–H groups in total. The number of phenols is 1. The van der Waals surface area contributed by atoms with Crippen molar-refractivity contribution in [3.8, 4) is 11.5 Å². The number of benzene rings is 2. The molecule has 0 saturated carbocycles. The van der Waals surface area contributed by atoms with Gasteiger partial charge in [-0.15, -0.1) is 0 Å². The minimum atomic E-state index is -0.834. The average Bonchev–Trinajstić information content (AvgIpc) is 3.10. The molecule has 4 rings (SSSR count). The van der Waals surface area contributed by atoms with Gasteiger partial charge in [0.2, 0.25) is 0 Å². The highest BCUT2D eigenvalue weighted by molar-refractivity contribution is 14.1. The molecule has 0 amide bonds. The normalized spacial score (nSPS) is 15.7. The summed E-state index contributed by atoms with van der Waals surface area (Å²) in [5.74, 6) is 0.0825. The van der Waals surface area contributed by atoms with Gasteiger partial charge in [0.25, 0.3) is 5.56 Å². The second-order valence-corrected chi connectivity index (χ2v) is 11.1. The number of carbonyl (C=O) groups is 1. The number of ether oxygens (including phenoxy) is 2. The van der Waals surface area contributed by atoms with Crippen LogP contribution in [0.1, 0.15) is 24.1 Å². The molecule has 0 fully saturated rings. The van der Waals surface area contributed by atoms with Crippen molar-refractivity contribution < 1.29 is 19.4 Å². The smallest absolute Gasteiger partial charge is 0.338 e. The van der Waals surface area contributed by atoms with E-state index in [4.69, 9.17) is 21.1 Å². The molecule has 34 heavy (non-hydrogen) atoms. The molecule has 7 nitrogen and oxygen atoms in total. The molecule has 0 aliphatic carbocycles. The third-order valence-corrected chi connectivity index (χ3v) is 8.11. The van der Waals surface area contributed by atoms with Crippen LogP contribution in [0.15, 0.2) is 51.4 Å². The molecule has 176 valence electrons. The van der Waals surface area contributed by atoms with Gasteiger partial charge in [0.05, 0.1) is 37.2 Å². The lowest BCUT2D eigenvalue weighted by Crippen LogP contribution is -2.40. The first-order valence-electron chi connectivity index (χ1n) is 9.78. The van der Waals surface area contributed by atoms with Gasteiger partial charge in [-0.05, 0) is 94.1 Å². The third kappa shape index (κ3) is 4.52. The molecular formula is C23H17ClI2N2O5S. The highest BCUT2D eigenvalue weighted by Gasteiger charge is 2.35. The zero-order chi connectivity index (χ0) is 24.7. The maximum Gasteiger partial charge on any atom is 0.338 e. The number of thiazole rings is 1. The maximum absolute atomic E-state index is 13.7. The SMILES string of the molecule is COC(=O)C1=C(C)N=c2s/c(=C\c3cc(I)c(O)c(I)c3)c(=O)n2[C@H]1c1cc(Cl)ccc1OC. The lowest BCUT2D eigenvalue weighted by Gasteiger charge is -2.25. The number of allylic oxidation sites excluding steroid dienone is 1. The molecule has 1 aromatic heterocycles. The molecule has 0 saturated heterocycles. The van der Waals surface area contributed by atoms with Gasteiger partial charge in [-0.1, -0.05) is 22.9 Å². The topological polar surface area (TPSA) is 90.1 Å². The zero-order valence-electron chi connectivity index (χ0n) is 18.1. The highest BCUT2D eigenvalue weighted by atomic mass is 127. The summed E-state index contributed by atoms with van der Waals surface area (Å²) in [6.07, 6.45) is 1.75. The third-order valence-electron chi connectivity index (χ3n) is 5.25. The number of halogens is 3. The summed E-state index contributed by atoms with van der Waals surface area (Å²) in [4.78, 5) is 31.5. The number of nitrogens with zero attached hydrogens (tertiary/aromatic N) is 2. The molecular weight excluding hydrogens is 706 g/mol. The van der Waals surface area contributed by atoms with Crippen LogP contribution in [0.25, 0.3) is 6.08 Å². The fourth-order valence-corrected chi connectivity index (χ4v) is 6.77. The van der Waals surface area contributed by atoms with Gasteiger partial charge in [-0.2, -0.15) is 0 Å². The second kappa shape index (κ2) is 9.99. The summed E-state index contributed by atoms with van der Waals surface area (Å²) in [5, 5.41) is 10.5. The van der Waals surface area contributed by atoms with Crippen molar-refractivity contribution >= 4 is 80.2 Å². The molecule has 2 aromatic carbocycles. The summed E-state index contributed by atoms with van der Waals surface area (Å²) < 4.78 is 13.8. The summed E-state index contributed by atoms with van der Waals surface area (Å²) in [6.45, 7) is 1.71. The van der Waals surface area contributed by atoms with E-state index in [0.717, 1.165) is 5.56 Å². The van der Waals surface area contributed by atoms with Crippen LogP contribution in [0.4, 0.5) is 0 Å². The molecule has 1 atom stereocenters. The molecule has 0 radical (unpaired) electrons. The Labute approximate surface area is 230 Å². The van der Waals surface area contributed by atoms with E-state index >= 15 is 0 Å². The van der Waals surface area contributed by atoms with Crippen LogP contribution in [0.3, 0.4) is 0 Å². The Morgan fingerprint density at radius 1 is 1.24 bits per heavy atom. The lowest BCUT2D eigenvalue weighted by atomic mass is 9.95. The number of phenolic OH excluding ortho intramolecular Hbond substituents is 1. The van der Waals surface area contributed by atoms with Crippen LogP contribution in [0.5, 0.6) is 11.5 Å². The van der Waals surface area contributed by atoms with Crippen molar-refractivity contribution in [2.45, 2.75) is 13.0 Å². The second-order valence-electron chi connectivity index (χ2n) is 7.29. The zero-order valence-corrected chi connectivity index (χ0v) is 23.9. The Kier molecular flexibility index (Phi) is 7.41. The maximum atomic E-state index is 13.7. The summed E-state index contributed by atoms with van der Waals surface area (Å²) in [6, 6.07) is 7.79. The Morgan fingerprint density at radius 3 is 2.53 bits per heavy atom. The number of aromatic nitrogens is 1. The van der Waals surface area contributed by atoms with Gasteiger partial charge in [-0.3, -0.25) is 9.36 Å². The van der Waals surface area contributed by atoms with E-state index in [-0.39, 0.29) is 16.9 Å². The lowest BCUT2D eigenvalue weighted by molar-refractivity contribution is -0.136. The van der Waals surface area contributed by atoms with E-state index in [1.54, 1.807) is 43.3 Å². The van der Waals surface area contributed by atoms with Gasteiger partial charge in [0.1, 0.15) is 17.5 Å². The molecule has 1 aliphatic rings. The van der Waals surface area contributed by atoms with E-state index in [1.807, 2.05) is 45.2 Å².